The molecule has 0 spiro atoms. The van der Waals surface area contributed by atoms with E-state index in [0.717, 1.165) is 24.2 Å². The van der Waals surface area contributed by atoms with Crippen LogP contribution in [0, 0.1) is 0 Å². The molecule has 3 nitrogen and oxygen atoms in total. The van der Waals surface area contributed by atoms with Crippen molar-refractivity contribution < 1.29 is 0 Å². The van der Waals surface area contributed by atoms with Crippen molar-refractivity contribution in [2.45, 2.75) is 18.9 Å². The molecule has 45 heavy (non-hydrogen) atoms. The Morgan fingerprint density at radius 3 is 2.20 bits per heavy atom. The molecule has 0 saturated heterocycles. The van der Waals surface area contributed by atoms with Crippen LogP contribution in [-0.4, -0.2) is 14.1 Å². The van der Waals surface area contributed by atoms with Crippen molar-refractivity contribution in [1.29, 1.82) is 0 Å². The van der Waals surface area contributed by atoms with Crippen LogP contribution in [0.1, 0.15) is 28.3 Å². The summed E-state index contributed by atoms with van der Waals surface area (Å²) in [4.78, 5) is 4.93. The molecule has 1 aliphatic carbocycles. The van der Waals surface area contributed by atoms with Crippen LogP contribution in [0.3, 0.4) is 0 Å². The number of rotatable bonds is 5. The highest BCUT2D eigenvalue weighted by atomic mass is 15.0. The van der Waals surface area contributed by atoms with E-state index in [1.54, 1.807) is 0 Å². The number of hydrogen-bond donors (Lipinski definition) is 0. The number of allylic oxidation sites excluding steroid dienone is 1. The van der Waals surface area contributed by atoms with E-state index in [-0.39, 0.29) is 0 Å². The average Bonchev–Trinajstić information content (AvgIpc) is 3.61. The number of pyridine rings is 1. The van der Waals surface area contributed by atoms with Crippen LogP contribution in [0.5, 0.6) is 0 Å². The maximum atomic E-state index is 4.93. The van der Waals surface area contributed by atoms with Crippen molar-refractivity contribution in [3.63, 3.8) is 0 Å². The second-order valence-corrected chi connectivity index (χ2v) is 12.0. The molecular formula is C42H31N3. The Hall–Kier alpha value is -5.67. The van der Waals surface area contributed by atoms with E-state index in [2.05, 4.69) is 161 Å². The summed E-state index contributed by atoms with van der Waals surface area (Å²) in [6, 6.07) is 50.2. The van der Waals surface area contributed by atoms with Gasteiger partial charge in [0.05, 0.1) is 16.7 Å². The predicted molar refractivity (Wildman–Crippen MR) is 187 cm³/mol. The molecule has 9 rings (SSSR count). The van der Waals surface area contributed by atoms with Gasteiger partial charge in [-0.2, -0.15) is 0 Å². The minimum atomic E-state index is 0.292. The van der Waals surface area contributed by atoms with E-state index in [1.165, 1.54) is 60.8 Å². The molecule has 1 unspecified atom stereocenters. The molecule has 1 aliphatic rings. The van der Waals surface area contributed by atoms with E-state index < -0.39 is 0 Å². The molecule has 0 aliphatic heterocycles. The van der Waals surface area contributed by atoms with Gasteiger partial charge in [0.2, 0.25) is 0 Å². The van der Waals surface area contributed by atoms with Crippen molar-refractivity contribution in [1.82, 2.24) is 14.1 Å². The average molecular weight is 578 g/mol. The van der Waals surface area contributed by atoms with Gasteiger partial charge in [0, 0.05) is 57.3 Å². The van der Waals surface area contributed by atoms with Gasteiger partial charge in [-0.05, 0) is 65.6 Å². The minimum absolute atomic E-state index is 0.292. The fourth-order valence-electron chi connectivity index (χ4n) is 7.33. The third-order valence-electron chi connectivity index (χ3n) is 9.40. The van der Waals surface area contributed by atoms with Crippen LogP contribution in [0.2, 0.25) is 0 Å². The molecule has 3 aromatic heterocycles. The van der Waals surface area contributed by atoms with Crippen LogP contribution in [-0.2, 0) is 13.0 Å². The summed E-state index contributed by atoms with van der Waals surface area (Å²) in [7, 11) is 0. The molecule has 3 heterocycles. The lowest BCUT2D eigenvalue weighted by atomic mass is 9.86. The van der Waals surface area contributed by atoms with E-state index in [4.69, 9.17) is 4.98 Å². The number of para-hydroxylation sites is 2. The molecule has 5 aromatic carbocycles. The molecule has 0 fully saturated rings. The quantitative estimate of drug-likeness (QED) is 0.200. The van der Waals surface area contributed by atoms with Gasteiger partial charge in [0.15, 0.2) is 0 Å². The molecule has 3 heteroatoms. The third kappa shape index (κ3) is 4.23. The second kappa shape index (κ2) is 10.5. The summed E-state index contributed by atoms with van der Waals surface area (Å²) >= 11 is 0. The zero-order chi connectivity index (χ0) is 29.7. The molecule has 0 amide bonds. The van der Waals surface area contributed by atoms with E-state index in [0.29, 0.717) is 5.92 Å². The molecule has 214 valence electrons. The van der Waals surface area contributed by atoms with Crippen LogP contribution >= 0.6 is 0 Å². The number of fused-ring (bicyclic) bond motifs is 6. The van der Waals surface area contributed by atoms with Crippen LogP contribution in [0.25, 0.3) is 55.7 Å². The molecule has 0 bridgehead atoms. The first-order valence-corrected chi connectivity index (χ1v) is 15.7. The summed E-state index contributed by atoms with van der Waals surface area (Å²) in [6.07, 6.45) is 7.69. The first-order valence-electron chi connectivity index (χ1n) is 15.7. The summed E-state index contributed by atoms with van der Waals surface area (Å²) in [5.74, 6) is 0.292. The fourth-order valence-corrected chi connectivity index (χ4v) is 7.33. The third-order valence-corrected chi connectivity index (χ3v) is 9.40. The Labute approximate surface area is 262 Å². The van der Waals surface area contributed by atoms with Crippen LogP contribution in [0.15, 0.2) is 152 Å². The largest absolute Gasteiger partial charge is 0.334 e. The van der Waals surface area contributed by atoms with Gasteiger partial charge in [-0.25, -0.2) is 0 Å². The first kappa shape index (κ1) is 25.8. The summed E-state index contributed by atoms with van der Waals surface area (Å²) < 4.78 is 4.87. The number of benzene rings is 5. The summed E-state index contributed by atoms with van der Waals surface area (Å²) in [5, 5.41) is 3.87. The SMILES string of the molecule is C1=CC(c2ccc3c(c2)c2ccnc(-c4ccccc4)c2n3Cc2ccccc2)Cc2c1n(-c1ccccc1)c1ccccc21. The topological polar surface area (TPSA) is 22.8 Å². The van der Waals surface area contributed by atoms with Crippen LogP contribution < -0.4 is 0 Å². The Morgan fingerprint density at radius 1 is 0.644 bits per heavy atom. The number of aromatic nitrogens is 3. The van der Waals surface area contributed by atoms with Gasteiger partial charge in [-0.15, -0.1) is 0 Å². The van der Waals surface area contributed by atoms with E-state index in [1.807, 2.05) is 6.20 Å². The molecule has 1 atom stereocenters. The highest BCUT2D eigenvalue weighted by Crippen LogP contribution is 2.41. The number of hydrogen-bond acceptors (Lipinski definition) is 1. The fraction of sp³-hybridized carbons (Fsp3) is 0.0714. The smallest absolute Gasteiger partial charge is 0.0945 e. The normalized spacial score (nSPS) is 14.4. The van der Waals surface area contributed by atoms with Crippen LogP contribution in [0.4, 0.5) is 0 Å². The molecular weight excluding hydrogens is 546 g/mol. The van der Waals surface area contributed by atoms with E-state index in [9.17, 15) is 0 Å². The predicted octanol–water partition coefficient (Wildman–Crippen LogP) is 10.2. The zero-order valence-corrected chi connectivity index (χ0v) is 24.8. The lowest BCUT2D eigenvalue weighted by Gasteiger charge is -2.20. The van der Waals surface area contributed by atoms with Crippen molar-refractivity contribution in [3.05, 3.63) is 174 Å². The Balaban J connectivity index is 1.20. The second-order valence-electron chi connectivity index (χ2n) is 12.0. The number of nitrogens with zero attached hydrogens (tertiary/aromatic N) is 3. The van der Waals surface area contributed by atoms with Gasteiger partial charge in [0.25, 0.3) is 0 Å². The first-order chi connectivity index (χ1) is 22.3. The molecule has 0 N–H and O–H groups in total. The highest BCUT2D eigenvalue weighted by Gasteiger charge is 2.24. The van der Waals surface area contributed by atoms with E-state index >= 15 is 0 Å². The zero-order valence-electron chi connectivity index (χ0n) is 24.8. The van der Waals surface area contributed by atoms with Crippen molar-refractivity contribution in [2.75, 3.05) is 0 Å². The Bertz CT molecular complexity index is 2360. The van der Waals surface area contributed by atoms with Crippen molar-refractivity contribution in [3.8, 4) is 16.9 Å². The molecule has 0 radical (unpaired) electrons. The maximum absolute atomic E-state index is 4.93. The monoisotopic (exact) mass is 577 g/mol. The summed E-state index contributed by atoms with van der Waals surface area (Å²) in [6.45, 7) is 0.789. The highest BCUT2D eigenvalue weighted by molar-refractivity contribution is 6.12. The van der Waals surface area contributed by atoms with Crippen molar-refractivity contribution in [2.24, 2.45) is 0 Å². The van der Waals surface area contributed by atoms with Crippen molar-refractivity contribution >= 4 is 38.8 Å². The Morgan fingerprint density at radius 2 is 1.38 bits per heavy atom. The Kier molecular flexibility index (Phi) is 6.02. The lowest BCUT2D eigenvalue weighted by molar-refractivity contribution is 0.825. The van der Waals surface area contributed by atoms with Gasteiger partial charge < -0.3 is 9.13 Å². The standard InChI is InChI=1S/C42H31N3/c1-4-12-29(13-5-1)28-44-38-22-20-31(27-37(38)35-24-25-43-41(42(35)44)30-14-6-2-7-15-30)32-21-23-40-36(26-32)34-18-10-11-19-39(34)45(40)33-16-8-3-9-17-33/h1-25,27,32H,26,28H2. The molecule has 8 aromatic rings. The van der Waals surface area contributed by atoms with Gasteiger partial charge in [-0.1, -0.05) is 109 Å². The van der Waals surface area contributed by atoms with Gasteiger partial charge in [0.1, 0.15) is 0 Å². The van der Waals surface area contributed by atoms with Gasteiger partial charge >= 0.3 is 0 Å². The van der Waals surface area contributed by atoms with Gasteiger partial charge in [-0.3, -0.25) is 4.98 Å². The lowest BCUT2D eigenvalue weighted by Crippen LogP contribution is -2.07. The molecule has 0 saturated carbocycles. The maximum Gasteiger partial charge on any atom is 0.0945 e. The minimum Gasteiger partial charge on any atom is -0.334 e. The summed E-state index contributed by atoms with van der Waals surface area (Å²) in [5.41, 5.74) is 12.4.